The Morgan fingerprint density at radius 3 is 2.28 bits per heavy atom. The van der Waals surface area contributed by atoms with Crippen LogP contribution < -0.4 is 5.32 Å². The van der Waals surface area contributed by atoms with Crippen molar-refractivity contribution in [2.75, 3.05) is 5.32 Å². The summed E-state index contributed by atoms with van der Waals surface area (Å²) in [7, 11) is 0. The van der Waals surface area contributed by atoms with Gasteiger partial charge in [0.05, 0.1) is 11.2 Å². The molecule has 3 aromatic carbocycles. The lowest BCUT2D eigenvalue weighted by atomic mass is 10.0. The number of hydrogen-bond donors (Lipinski definition) is 1. The zero-order chi connectivity index (χ0) is 22.0. The van der Waals surface area contributed by atoms with Crippen LogP contribution in [0, 0.1) is 0 Å². The molecule has 0 bridgehead atoms. The second kappa shape index (κ2) is 10.9. The van der Waals surface area contributed by atoms with Crippen LogP contribution in [0.25, 0.3) is 23.1 Å². The summed E-state index contributed by atoms with van der Waals surface area (Å²) in [6.07, 6.45) is 10.1. The molecule has 0 aliphatic carbocycles. The van der Waals surface area contributed by atoms with E-state index in [9.17, 15) is 4.79 Å². The summed E-state index contributed by atoms with van der Waals surface area (Å²) in [5.41, 5.74) is 5.11. The summed E-state index contributed by atoms with van der Waals surface area (Å²) in [5.74, 6) is -0.00541. The minimum absolute atomic E-state index is 0.00541. The van der Waals surface area contributed by atoms with Crippen LogP contribution in [-0.4, -0.2) is 10.9 Å². The number of pyridine rings is 1. The Morgan fingerprint density at radius 2 is 1.50 bits per heavy atom. The van der Waals surface area contributed by atoms with E-state index in [0.717, 1.165) is 28.6 Å². The van der Waals surface area contributed by atoms with Gasteiger partial charge in [-0.2, -0.15) is 0 Å². The Morgan fingerprint density at radius 1 is 0.781 bits per heavy atom. The highest BCUT2D eigenvalue weighted by Gasteiger charge is 2.08. The van der Waals surface area contributed by atoms with E-state index in [1.54, 1.807) is 6.20 Å². The highest BCUT2D eigenvalue weighted by molar-refractivity contribution is 6.00. The molecule has 1 heterocycles. The standard InChI is InChI=1S/C29H26N2O/c32-28(31-27-18-8-16-26-17-9-21-30-29(26)27)20-19-25(22-24-12-5-2-6-13-24)15-7-14-23-10-3-1-4-11-23/h1-14,16-18,21-22H,15,19-20H2,(H,31,32). The van der Waals surface area contributed by atoms with Crippen molar-refractivity contribution in [2.45, 2.75) is 19.3 Å². The van der Waals surface area contributed by atoms with Crippen LogP contribution >= 0.6 is 0 Å². The lowest BCUT2D eigenvalue weighted by Crippen LogP contribution is -2.12. The van der Waals surface area contributed by atoms with Crippen LogP contribution in [0.15, 0.2) is 109 Å². The number of amides is 1. The number of hydrogen-bond acceptors (Lipinski definition) is 2. The second-order valence-corrected chi connectivity index (χ2v) is 7.66. The number of aromatic nitrogens is 1. The highest BCUT2D eigenvalue weighted by atomic mass is 16.1. The van der Waals surface area contributed by atoms with Crippen molar-refractivity contribution in [1.29, 1.82) is 0 Å². The Hall–Kier alpha value is -3.98. The van der Waals surface area contributed by atoms with Crippen molar-refractivity contribution in [3.8, 4) is 0 Å². The SMILES string of the molecule is O=C(CCC(=Cc1ccccc1)CC=Cc1ccccc1)Nc1cccc2cccnc12. The summed E-state index contributed by atoms with van der Waals surface area (Å²) in [6.45, 7) is 0. The first-order valence-corrected chi connectivity index (χ1v) is 10.9. The molecule has 3 heteroatoms. The Kier molecular flexibility index (Phi) is 7.22. The molecule has 0 radical (unpaired) electrons. The fourth-order valence-corrected chi connectivity index (χ4v) is 3.62. The number of carbonyl (C=O) groups is 1. The average Bonchev–Trinajstić information content (AvgIpc) is 2.84. The summed E-state index contributed by atoms with van der Waals surface area (Å²) < 4.78 is 0. The van der Waals surface area contributed by atoms with E-state index in [1.165, 1.54) is 11.1 Å². The molecular weight excluding hydrogens is 392 g/mol. The summed E-state index contributed by atoms with van der Waals surface area (Å²) in [5, 5.41) is 4.05. The molecule has 0 aliphatic heterocycles. The second-order valence-electron chi connectivity index (χ2n) is 7.66. The predicted octanol–water partition coefficient (Wildman–Crippen LogP) is 7.14. The number of carbonyl (C=O) groups excluding carboxylic acids is 1. The summed E-state index contributed by atoms with van der Waals surface area (Å²) >= 11 is 0. The van der Waals surface area contributed by atoms with Gasteiger partial charge in [-0.1, -0.05) is 103 Å². The predicted molar refractivity (Wildman–Crippen MR) is 134 cm³/mol. The van der Waals surface area contributed by atoms with Gasteiger partial charge in [0.2, 0.25) is 5.91 Å². The smallest absolute Gasteiger partial charge is 0.224 e. The van der Waals surface area contributed by atoms with Gasteiger partial charge in [-0.25, -0.2) is 0 Å². The first-order chi connectivity index (χ1) is 15.8. The molecule has 1 N–H and O–H groups in total. The lowest BCUT2D eigenvalue weighted by Gasteiger charge is -2.09. The number of allylic oxidation sites excluding steroid dienone is 2. The van der Waals surface area contributed by atoms with Crippen molar-refractivity contribution in [3.63, 3.8) is 0 Å². The van der Waals surface area contributed by atoms with Gasteiger partial charge in [0.25, 0.3) is 0 Å². The Bertz CT molecular complexity index is 1220. The van der Waals surface area contributed by atoms with Crippen LogP contribution in [0.5, 0.6) is 0 Å². The number of rotatable bonds is 8. The molecule has 3 nitrogen and oxygen atoms in total. The maximum Gasteiger partial charge on any atom is 0.224 e. The third-order valence-corrected chi connectivity index (χ3v) is 5.24. The maximum absolute atomic E-state index is 12.7. The van der Waals surface area contributed by atoms with Crippen molar-refractivity contribution in [2.24, 2.45) is 0 Å². The normalized spacial score (nSPS) is 11.7. The van der Waals surface area contributed by atoms with Gasteiger partial charge in [-0.3, -0.25) is 9.78 Å². The molecule has 0 saturated carbocycles. The number of nitrogens with one attached hydrogen (secondary N) is 1. The summed E-state index contributed by atoms with van der Waals surface area (Å²) in [6, 6.07) is 30.2. The third-order valence-electron chi connectivity index (χ3n) is 5.24. The molecule has 0 unspecified atom stereocenters. The van der Waals surface area contributed by atoms with Gasteiger partial charge in [-0.05, 0) is 36.1 Å². The van der Waals surface area contributed by atoms with Crippen LogP contribution in [0.4, 0.5) is 5.69 Å². The Balaban J connectivity index is 1.44. The largest absolute Gasteiger partial charge is 0.324 e. The minimum Gasteiger partial charge on any atom is -0.324 e. The zero-order valence-corrected chi connectivity index (χ0v) is 17.9. The Labute approximate surface area is 189 Å². The molecule has 0 aliphatic rings. The molecule has 1 aromatic heterocycles. The fraction of sp³-hybridized carbons (Fsp3) is 0.103. The molecule has 0 saturated heterocycles. The van der Waals surface area contributed by atoms with Crippen LogP contribution in [-0.2, 0) is 4.79 Å². The molecule has 32 heavy (non-hydrogen) atoms. The quantitative estimate of drug-likeness (QED) is 0.330. The van der Waals surface area contributed by atoms with E-state index in [1.807, 2.05) is 66.7 Å². The minimum atomic E-state index is -0.00541. The molecule has 0 spiro atoms. The topological polar surface area (TPSA) is 42.0 Å². The van der Waals surface area contributed by atoms with Crippen LogP contribution in [0.3, 0.4) is 0 Å². The average molecular weight is 419 g/mol. The number of para-hydroxylation sites is 1. The zero-order valence-electron chi connectivity index (χ0n) is 17.9. The monoisotopic (exact) mass is 418 g/mol. The third kappa shape index (κ3) is 6.02. The van der Waals surface area contributed by atoms with Crippen molar-refractivity contribution >= 4 is 34.6 Å². The van der Waals surface area contributed by atoms with Crippen molar-refractivity contribution in [3.05, 3.63) is 120 Å². The molecular formula is C29H26N2O. The van der Waals surface area contributed by atoms with Gasteiger partial charge in [0.1, 0.15) is 0 Å². The van der Waals surface area contributed by atoms with E-state index in [2.05, 4.69) is 52.8 Å². The van der Waals surface area contributed by atoms with Gasteiger partial charge >= 0.3 is 0 Å². The molecule has 4 rings (SSSR count). The van der Waals surface area contributed by atoms with Gasteiger partial charge < -0.3 is 5.32 Å². The van der Waals surface area contributed by atoms with Gasteiger partial charge in [0, 0.05) is 18.0 Å². The first kappa shape index (κ1) is 21.3. The maximum atomic E-state index is 12.7. The number of nitrogens with zero attached hydrogens (tertiary/aromatic N) is 1. The van der Waals surface area contributed by atoms with Gasteiger partial charge in [0.15, 0.2) is 0 Å². The molecule has 158 valence electrons. The number of benzene rings is 3. The molecule has 0 atom stereocenters. The first-order valence-electron chi connectivity index (χ1n) is 10.9. The van der Waals surface area contributed by atoms with E-state index in [0.29, 0.717) is 12.8 Å². The lowest BCUT2D eigenvalue weighted by molar-refractivity contribution is -0.116. The van der Waals surface area contributed by atoms with E-state index in [4.69, 9.17) is 0 Å². The van der Waals surface area contributed by atoms with Crippen molar-refractivity contribution < 1.29 is 4.79 Å². The van der Waals surface area contributed by atoms with E-state index in [-0.39, 0.29) is 5.91 Å². The van der Waals surface area contributed by atoms with E-state index < -0.39 is 0 Å². The number of anilines is 1. The van der Waals surface area contributed by atoms with Crippen LogP contribution in [0.2, 0.25) is 0 Å². The molecule has 1 amide bonds. The fourth-order valence-electron chi connectivity index (χ4n) is 3.62. The van der Waals surface area contributed by atoms with Gasteiger partial charge in [-0.15, -0.1) is 0 Å². The van der Waals surface area contributed by atoms with E-state index >= 15 is 0 Å². The molecule has 4 aromatic rings. The molecule has 0 fully saturated rings. The number of fused-ring (bicyclic) bond motifs is 1. The van der Waals surface area contributed by atoms with Crippen molar-refractivity contribution in [1.82, 2.24) is 4.98 Å². The van der Waals surface area contributed by atoms with Crippen LogP contribution in [0.1, 0.15) is 30.4 Å². The highest BCUT2D eigenvalue weighted by Crippen LogP contribution is 2.22. The summed E-state index contributed by atoms with van der Waals surface area (Å²) in [4.78, 5) is 17.1.